The van der Waals surface area contributed by atoms with Crippen LogP contribution in [0.5, 0.6) is 0 Å². The SMILES string of the molecule is CCCCCCCc1ccccc1C1OC=C(c2ccc(CCCCCCCCCC3CC3)nc2)O1. The fourth-order valence-electron chi connectivity index (χ4n) is 5.23. The highest BCUT2D eigenvalue weighted by molar-refractivity contribution is 5.59. The van der Waals surface area contributed by atoms with Crippen molar-refractivity contribution >= 4 is 5.76 Å². The zero-order chi connectivity index (χ0) is 24.8. The van der Waals surface area contributed by atoms with Crippen LogP contribution in [0.3, 0.4) is 0 Å². The Morgan fingerprint density at radius 1 is 0.778 bits per heavy atom. The second-order valence-corrected chi connectivity index (χ2v) is 10.9. The Hall–Kier alpha value is -2.29. The smallest absolute Gasteiger partial charge is 0.267 e. The fourth-order valence-corrected chi connectivity index (χ4v) is 5.23. The standard InChI is InChI=1S/C33H47NO2/c1-2-3-4-8-12-17-28-18-14-15-20-31(28)33-35-26-32(36-33)29-23-24-30(34-25-29)19-13-10-7-5-6-9-11-16-27-21-22-27/h14-15,18,20,23-27,33H,2-13,16-17,19,21-22H2,1H3. The molecule has 2 aromatic rings. The van der Waals surface area contributed by atoms with Gasteiger partial charge in [-0.05, 0) is 49.3 Å². The molecule has 1 fully saturated rings. The quantitative estimate of drug-likeness (QED) is 0.195. The Kier molecular flexibility index (Phi) is 11.2. The summed E-state index contributed by atoms with van der Waals surface area (Å²) in [6.45, 7) is 2.26. The van der Waals surface area contributed by atoms with Crippen molar-refractivity contribution in [2.24, 2.45) is 5.92 Å². The molecule has 2 heterocycles. The Morgan fingerprint density at radius 3 is 2.25 bits per heavy atom. The Morgan fingerprint density at radius 2 is 1.50 bits per heavy atom. The molecule has 1 saturated carbocycles. The molecule has 0 bridgehead atoms. The van der Waals surface area contributed by atoms with Gasteiger partial charge >= 0.3 is 0 Å². The van der Waals surface area contributed by atoms with Crippen molar-refractivity contribution in [2.45, 2.75) is 122 Å². The molecule has 36 heavy (non-hydrogen) atoms. The summed E-state index contributed by atoms with van der Waals surface area (Å²) in [5.41, 5.74) is 4.64. The highest BCUT2D eigenvalue weighted by Crippen LogP contribution is 2.36. The normalized spacial score (nSPS) is 17.0. The molecule has 196 valence electrons. The number of benzene rings is 1. The molecule has 2 aliphatic rings. The number of nitrogens with zero attached hydrogens (tertiary/aromatic N) is 1. The Bertz CT molecular complexity index is 916. The highest BCUT2D eigenvalue weighted by Gasteiger charge is 2.25. The summed E-state index contributed by atoms with van der Waals surface area (Å²) in [7, 11) is 0. The minimum atomic E-state index is -0.361. The second-order valence-electron chi connectivity index (χ2n) is 10.9. The first-order valence-electron chi connectivity index (χ1n) is 14.9. The van der Waals surface area contributed by atoms with Crippen LogP contribution in [0.15, 0.2) is 48.9 Å². The lowest BCUT2D eigenvalue weighted by atomic mass is 10.0. The van der Waals surface area contributed by atoms with E-state index in [2.05, 4.69) is 43.3 Å². The molecule has 1 aliphatic carbocycles. The maximum Gasteiger partial charge on any atom is 0.267 e. The molecule has 4 rings (SSSR count). The molecule has 0 amide bonds. The molecule has 0 radical (unpaired) electrons. The van der Waals surface area contributed by atoms with Gasteiger partial charge in [-0.3, -0.25) is 4.98 Å². The lowest BCUT2D eigenvalue weighted by Crippen LogP contribution is -2.04. The van der Waals surface area contributed by atoms with Crippen molar-refractivity contribution in [3.63, 3.8) is 0 Å². The molecule has 0 saturated heterocycles. The second kappa shape index (κ2) is 15.1. The number of unbranched alkanes of at least 4 members (excludes halogenated alkanes) is 10. The van der Waals surface area contributed by atoms with Crippen LogP contribution in [0, 0.1) is 5.92 Å². The third-order valence-corrected chi connectivity index (χ3v) is 7.74. The molecule has 1 aliphatic heterocycles. The predicted molar refractivity (Wildman–Crippen MR) is 149 cm³/mol. The van der Waals surface area contributed by atoms with E-state index in [1.165, 1.54) is 108 Å². The van der Waals surface area contributed by atoms with E-state index in [4.69, 9.17) is 14.5 Å². The lowest BCUT2D eigenvalue weighted by Gasteiger charge is -2.16. The molecule has 1 aromatic heterocycles. The van der Waals surface area contributed by atoms with Gasteiger partial charge in [0.1, 0.15) is 6.26 Å². The number of rotatable bonds is 18. The van der Waals surface area contributed by atoms with E-state index in [1.807, 2.05) is 6.20 Å². The minimum absolute atomic E-state index is 0.361. The van der Waals surface area contributed by atoms with Crippen LogP contribution in [0.4, 0.5) is 0 Å². The number of aromatic nitrogens is 1. The molecule has 1 atom stereocenters. The summed E-state index contributed by atoms with van der Waals surface area (Å²) in [6.07, 6.45) is 26.0. The largest absolute Gasteiger partial charge is 0.454 e. The Labute approximate surface area is 219 Å². The van der Waals surface area contributed by atoms with Crippen molar-refractivity contribution < 1.29 is 9.47 Å². The molecule has 1 aromatic carbocycles. The number of aryl methyl sites for hydroxylation is 2. The average Bonchev–Trinajstić information content (AvgIpc) is 3.61. The van der Waals surface area contributed by atoms with Crippen LogP contribution >= 0.6 is 0 Å². The van der Waals surface area contributed by atoms with Gasteiger partial charge in [0, 0.05) is 23.0 Å². The average molecular weight is 490 g/mol. The van der Waals surface area contributed by atoms with Gasteiger partial charge in [-0.1, -0.05) is 115 Å². The topological polar surface area (TPSA) is 31.4 Å². The van der Waals surface area contributed by atoms with Crippen molar-refractivity contribution in [3.8, 4) is 0 Å². The van der Waals surface area contributed by atoms with E-state index in [1.54, 1.807) is 6.26 Å². The monoisotopic (exact) mass is 489 g/mol. The van der Waals surface area contributed by atoms with Crippen molar-refractivity contribution in [3.05, 3.63) is 71.2 Å². The maximum absolute atomic E-state index is 6.23. The number of pyridine rings is 1. The highest BCUT2D eigenvalue weighted by atomic mass is 16.7. The third kappa shape index (κ3) is 8.98. The van der Waals surface area contributed by atoms with E-state index >= 15 is 0 Å². The van der Waals surface area contributed by atoms with Gasteiger partial charge in [-0.2, -0.15) is 0 Å². The maximum atomic E-state index is 6.23. The van der Waals surface area contributed by atoms with E-state index in [0.29, 0.717) is 0 Å². The lowest BCUT2D eigenvalue weighted by molar-refractivity contribution is -0.0177. The van der Waals surface area contributed by atoms with Crippen LogP contribution < -0.4 is 0 Å². The van der Waals surface area contributed by atoms with Gasteiger partial charge in [0.2, 0.25) is 0 Å². The van der Waals surface area contributed by atoms with Crippen LogP contribution in [-0.2, 0) is 22.3 Å². The van der Waals surface area contributed by atoms with Crippen LogP contribution in [0.2, 0.25) is 0 Å². The third-order valence-electron chi connectivity index (χ3n) is 7.74. The van der Waals surface area contributed by atoms with Crippen molar-refractivity contribution in [2.75, 3.05) is 0 Å². The molecular formula is C33H47NO2. The van der Waals surface area contributed by atoms with Gasteiger partial charge in [-0.25, -0.2) is 0 Å². The van der Waals surface area contributed by atoms with Crippen molar-refractivity contribution in [1.29, 1.82) is 0 Å². The van der Waals surface area contributed by atoms with Crippen LogP contribution in [0.1, 0.15) is 132 Å². The molecule has 0 N–H and O–H groups in total. The van der Waals surface area contributed by atoms with E-state index in [-0.39, 0.29) is 6.29 Å². The number of hydrogen-bond donors (Lipinski definition) is 0. The molecule has 3 nitrogen and oxygen atoms in total. The molecular weight excluding hydrogens is 442 g/mol. The first kappa shape index (κ1) is 26.8. The fraction of sp³-hybridized carbons (Fsp3) is 0.606. The van der Waals surface area contributed by atoms with E-state index in [9.17, 15) is 0 Å². The minimum Gasteiger partial charge on any atom is -0.454 e. The first-order chi connectivity index (χ1) is 17.8. The summed E-state index contributed by atoms with van der Waals surface area (Å²) >= 11 is 0. The summed E-state index contributed by atoms with van der Waals surface area (Å²) < 4.78 is 12.2. The van der Waals surface area contributed by atoms with Gasteiger partial charge in [0.25, 0.3) is 6.29 Å². The molecule has 0 spiro atoms. The number of ether oxygens (including phenoxy) is 2. The Balaban J connectivity index is 1.14. The summed E-state index contributed by atoms with van der Waals surface area (Å²) in [6, 6.07) is 12.8. The summed E-state index contributed by atoms with van der Waals surface area (Å²) in [5.74, 6) is 1.87. The zero-order valence-corrected chi connectivity index (χ0v) is 22.6. The van der Waals surface area contributed by atoms with Crippen molar-refractivity contribution in [1.82, 2.24) is 4.98 Å². The summed E-state index contributed by atoms with van der Waals surface area (Å²) in [4.78, 5) is 4.71. The zero-order valence-electron chi connectivity index (χ0n) is 22.6. The van der Waals surface area contributed by atoms with Gasteiger partial charge in [0.15, 0.2) is 5.76 Å². The van der Waals surface area contributed by atoms with Crippen LogP contribution in [0.25, 0.3) is 5.76 Å². The van der Waals surface area contributed by atoms with Gasteiger partial charge in [-0.15, -0.1) is 0 Å². The van der Waals surface area contributed by atoms with Gasteiger partial charge in [0.05, 0.1) is 0 Å². The first-order valence-corrected chi connectivity index (χ1v) is 14.9. The van der Waals surface area contributed by atoms with Crippen LogP contribution in [-0.4, -0.2) is 4.98 Å². The predicted octanol–water partition coefficient (Wildman–Crippen LogP) is 9.71. The number of hydrogen-bond acceptors (Lipinski definition) is 3. The summed E-state index contributed by atoms with van der Waals surface area (Å²) in [5, 5.41) is 0. The molecule has 1 unspecified atom stereocenters. The van der Waals surface area contributed by atoms with Gasteiger partial charge < -0.3 is 9.47 Å². The van der Waals surface area contributed by atoms with E-state index < -0.39 is 0 Å². The molecule has 3 heteroatoms. The van der Waals surface area contributed by atoms with E-state index in [0.717, 1.165) is 35.6 Å².